The SMILES string of the molecule is CCCCCCCCCCCCNC(=O)CN(CCN(CCN(CC(=O)O)CC(=O)O)CC(=O)O)CC(=O)O. The van der Waals surface area contributed by atoms with Crippen LogP contribution in [0.15, 0.2) is 0 Å². The summed E-state index contributed by atoms with van der Waals surface area (Å²) in [5.74, 6) is -5.01. The van der Waals surface area contributed by atoms with Gasteiger partial charge in [0, 0.05) is 32.7 Å². The van der Waals surface area contributed by atoms with E-state index in [1.54, 1.807) is 0 Å². The lowest BCUT2D eigenvalue weighted by atomic mass is 10.1. The van der Waals surface area contributed by atoms with E-state index in [0.717, 1.165) is 24.2 Å². The molecule has 13 heteroatoms. The monoisotopic (exact) mass is 560 g/mol. The van der Waals surface area contributed by atoms with Crippen LogP contribution in [0, 0.1) is 0 Å². The third-order valence-corrected chi connectivity index (χ3v) is 6.12. The summed E-state index contributed by atoms with van der Waals surface area (Å²) in [6, 6.07) is 0. The Morgan fingerprint density at radius 2 is 0.821 bits per heavy atom. The van der Waals surface area contributed by atoms with Crippen molar-refractivity contribution in [3.05, 3.63) is 0 Å². The van der Waals surface area contributed by atoms with Gasteiger partial charge in [0.15, 0.2) is 0 Å². The molecule has 0 fully saturated rings. The number of carboxylic acids is 4. The number of aliphatic carboxylic acids is 4. The first-order valence-electron chi connectivity index (χ1n) is 13.8. The standard InChI is InChI=1S/C26H48N4O9/c1-2-3-4-5-6-7-8-9-10-11-12-27-22(31)17-29(19-24(34)35)15-13-28(18-23(32)33)14-16-30(20-25(36)37)21-26(38)39/h2-21H2,1H3,(H,27,31)(H,32,33)(H,34,35)(H,36,37)(H,38,39). The zero-order valence-electron chi connectivity index (χ0n) is 23.3. The van der Waals surface area contributed by atoms with Crippen LogP contribution in [0.4, 0.5) is 0 Å². The summed E-state index contributed by atoms with van der Waals surface area (Å²) < 4.78 is 0. The number of amides is 1. The quantitative estimate of drug-likeness (QED) is 0.0906. The van der Waals surface area contributed by atoms with Crippen molar-refractivity contribution in [1.82, 2.24) is 20.0 Å². The number of nitrogens with one attached hydrogen (secondary N) is 1. The summed E-state index contributed by atoms with van der Waals surface area (Å²) in [4.78, 5) is 60.9. The molecule has 0 aromatic heterocycles. The van der Waals surface area contributed by atoms with Crippen LogP contribution in [0.5, 0.6) is 0 Å². The number of nitrogens with zero attached hydrogens (tertiary/aromatic N) is 3. The molecule has 0 aliphatic carbocycles. The molecule has 13 nitrogen and oxygen atoms in total. The van der Waals surface area contributed by atoms with Gasteiger partial charge in [0.25, 0.3) is 0 Å². The number of hydrogen-bond acceptors (Lipinski definition) is 8. The Bertz CT molecular complexity index is 720. The Hall–Kier alpha value is -2.77. The maximum atomic E-state index is 12.4. The molecule has 0 unspecified atom stereocenters. The van der Waals surface area contributed by atoms with E-state index in [4.69, 9.17) is 10.2 Å². The second-order valence-electron chi connectivity index (χ2n) is 9.80. The van der Waals surface area contributed by atoms with Gasteiger partial charge in [0.05, 0.1) is 32.7 Å². The van der Waals surface area contributed by atoms with Crippen LogP contribution >= 0.6 is 0 Å². The fraction of sp³-hybridized carbons (Fsp3) is 0.808. The molecule has 0 spiro atoms. The van der Waals surface area contributed by atoms with Crippen LogP contribution in [0.3, 0.4) is 0 Å². The zero-order valence-corrected chi connectivity index (χ0v) is 23.3. The minimum atomic E-state index is -1.21. The Morgan fingerprint density at radius 1 is 0.487 bits per heavy atom. The second-order valence-corrected chi connectivity index (χ2v) is 9.80. The largest absolute Gasteiger partial charge is 0.480 e. The zero-order chi connectivity index (χ0) is 29.5. The van der Waals surface area contributed by atoms with Crippen LogP contribution in [0.1, 0.15) is 71.1 Å². The second kappa shape index (κ2) is 23.1. The molecule has 0 saturated carbocycles. The third-order valence-electron chi connectivity index (χ3n) is 6.12. The van der Waals surface area contributed by atoms with Gasteiger partial charge >= 0.3 is 23.9 Å². The highest BCUT2D eigenvalue weighted by molar-refractivity contribution is 5.79. The van der Waals surface area contributed by atoms with Crippen LogP contribution in [-0.2, 0) is 24.0 Å². The predicted molar refractivity (Wildman–Crippen MR) is 145 cm³/mol. The number of unbranched alkanes of at least 4 members (excludes halogenated alkanes) is 9. The molecule has 5 N–H and O–H groups in total. The highest BCUT2D eigenvalue weighted by Crippen LogP contribution is 2.10. The molecule has 0 bridgehead atoms. The molecule has 0 aromatic carbocycles. The van der Waals surface area contributed by atoms with Crippen molar-refractivity contribution < 1.29 is 44.4 Å². The summed E-state index contributed by atoms with van der Waals surface area (Å²) in [7, 11) is 0. The van der Waals surface area contributed by atoms with Gasteiger partial charge in [0.2, 0.25) is 5.91 Å². The van der Waals surface area contributed by atoms with Crippen LogP contribution in [0.25, 0.3) is 0 Å². The Kier molecular flexibility index (Phi) is 21.5. The minimum Gasteiger partial charge on any atom is -0.480 e. The highest BCUT2D eigenvalue weighted by Gasteiger charge is 2.19. The predicted octanol–water partition coefficient (Wildman–Crippen LogP) is 1.27. The Balaban J connectivity index is 4.55. The maximum absolute atomic E-state index is 12.4. The van der Waals surface area contributed by atoms with Gasteiger partial charge in [0.1, 0.15) is 0 Å². The number of rotatable bonds is 27. The van der Waals surface area contributed by atoms with Gasteiger partial charge in [-0.1, -0.05) is 64.7 Å². The number of hydrogen-bond donors (Lipinski definition) is 5. The van der Waals surface area contributed by atoms with E-state index < -0.39 is 50.1 Å². The molecule has 0 atom stereocenters. The van der Waals surface area contributed by atoms with Gasteiger partial charge in [-0.25, -0.2) is 0 Å². The first-order valence-corrected chi connectivity index (χ1v) is 13.8. The van der Waals surface area contributed by atoms with E-state index >= 15 is 0 Å². The van der Waals surface area contributed by atoms with Crippen molar-refractivity contribution in [2.75, 3.05) is 65.4 Å². The van der Waals surface area contributed by atoms with Crippen molar-refractivity contribution in [1.29, 1.82) is 0 Å². The van der Waals surface area contributed by atoms with E-state index in [1.165, 1.54) is 54.7 Å². The summed E-state index contributed by atoms with van der Waals surface area (Å²) in [6.45, 7) is 0.935. The number of carbonyl (C=O) groups excluding carboxylic acids is 1. The molecule has 0 radical (unpaired) electrons. The summed E-state index contributed by atoms with van der Waals surface area (Å²) in [6.07, 6.45) is 11.8. The minimum absolute atomic E-state index is 0.00977. The maximum Gasteiger partial charge on any atom is 0.317 e. The lowest BCUT2D eigenvalue weighted by molar-refractivity contribution is -0.143. The topological polar surface area (TPSA) is 188 Å². The summed E-state index contributed by atoms with van der Waals surface area (Å²) in [5.41, 5.74) is 0. The van der Waals surface area contributed by atoms with E-state index in [2.05, 4.69) is 12.2 Å². The van der Waals surface area contributed by atoms with E-state index in [-0.39, 0.29) is 38.6 Å². The van der Waals surface area contributed by atoms with Crippen molar-refractivity contribution >= 4 is 29.8 Å². The molecule has 0 aliphatic rings. The van der Waals surface area contributed by atoms with Gasteiger partial charge in [-0.15, -0.1) is 0 Å². The molecule has 0 saturated heterocycles. The lowest BCUT2D eigenvalue weighted by Gasteiger charge is -2.27. The highest BCUT2D eigenvalue weighted by atomic mass is 16.4. The van der Waals surface area contributed by atoms with E-state index in [1.807, 2.05) is 0 Å². The summed E-state index contributed by atoms with van der Waals surface area (Å²) >= 11 is 0. The fourth-order valence-corrected chi connectivity index (χ4v) is 4.13. The van der Waals surface area contributed by atoms with Crippen LogP contribution in [-0.4, -0.2) is 130 Å². The number of carbonyl (C=O) groups is 5. The van der Waals surface area contributed by atoms with Gasteiger partial charge in [-0.05, 0) is 6.42 Å². The lowest BCUT2D eigenvalue weighted by Crippen LogP contribution is -2.46. The molecule has 0 heterocycles. The van der Waals surface area contributed by atoms with Gasteiger partial charge in [-0.2, -0.15) is 0 Å². The first-order chi connectivity index (χ1) is 18.5. The van der Waals surface area contributed by atoms with E-state index in [0.29, 0.717) is 6.54 Å². The molecule has 0 aliphatic heterocycles. The Labute approximate surface area is 231 Å². The van der Waals surface area contributed by atoms with Crippen LogP contribution in [0.2, 0.25) is 0 Å². The normalized spacial score (nSPS) is 11.3. The van der Waals surface area contributed by atoms with Crippen molar-refractivity contribution in [2.24, 2.45) is 0 Å². The Morgan fingerprint density at radius 3 is 1.23 bits per heavy atom. The van der Waals surface area contributed by atoms with Gasteiger partial charge < -0.3 is 25.7 Å². The van der Waals surface area contributed by atoms with Crippen molar-refractivity contribution in [3.8, 4) is 0 Å². The molecule has 0 rings (SSSR count). The molecule has 1 amide bonds. The average Bonchev–Trinajstić information content (AvgIpc) is 2.82. The van der Waals surface area contributed by atoms with Crippen LogP contribution < -0.4 is 5.32 Å². The molecule has 0 aromatic rings. The number of carboxylic acid groups (broad SMARTS) is 4. The van der Waals surface area contributed by atoms with Crippen molar-refractivity contribution in [3.63, 3.8) is 0 Å². The summed E-state index contributed by atoms with van der Waals surface area (Å²) in [5, 5.41) is 39.2. The molecular weight excluding hydrogens is 512 g/mol. The fourth-order valence-electron chi connectivity index (χ4n) is 4.13. The van der Waals surface area contributed by atoms with Crippen molar-refractivity contribution in [2.45, 2.75) is 71.1 Å². The average molecular weight is 561 g/mol. The van der Waals surface area contributed by atoms with Gasteiger partial charge in [-0.3, -0.25) is 38.7 Å². The molecule has 39 heavy (non-hydrogen) atoms. The molecular formula is C26H48N4O9. The third kappa shape index (κ3) is 24.0. The smallest absolute Gasteiger partial charge is 0.317 e. The van der Waals surface area contributed by atoms with E-state index in [9.17, 15) is 34.2 Å². The first kappa shape index (κ1) is 36.2. The molecule has 226 valence electrons.